The summed E-state index contributed by atoms with van der Waals surface area (Å²) in [5, 5.41) is 0. The molecule has 6 rings (SSSR count). The zero-order valence-corrected chi connectivity index (χ0v) is 15.9. The second-order valence-electron chi connectivity index (χ2n) is 7.98. The van der Waals surface area contributed by atoms with Crippen LogP contribution in [0.3, 0.4) is 0 Å². The van der Waals surface area contributed by atoms with Gasteiger partial charge in [-0.3, -0.25) is 19.7 Å². The van der Waals surface area contributed by atoms with Crippen LogP contribution in [0.15, 0.2) is 60.9 Å². The minimum atomic E-state index is 0.117. The van der Waals surface area contributed by atoms with Crippen LogP contribution >= 0.6 is 0 Å². The molecule has 3 saturated heterocycles. The quantitative estimate of drug-likeness (QED) is 0.707. The van der Waals surface area contributed by atoms with Crippen LogP contribution in [0.1, 0.15) is 28.8 Å². The van der Waals surface area contributed by atoms with Crippen LogP contribution in [0.5, 0.6) is 0 Å². The van der Waals surface area contributed by atoms with E-state index in [2.05, 4.69) is 50.1 Å². The smallest absolute Gasteiger partial charge is 0.253 e. The average molecular weight is 372 g/mol. The third kappa shape index (κ3) is 3.38. The lowest BCUT2D eigenvalue weighted by Gasteiger charge is -2.36. The number of aromatic nitrogens is 2. The summed E-state index contributed by atoms with van der Waals surface area (Å²) < 4.78 is 0. The maximum absolute atomic E-state index is 13.2. The number of hydrogen-bond donors (Lipinski definition) is 0. The molecule has 5 nitrogen and oxygen atoms in total. The normalized spacial score (nSPS) is 22.4. The number of nitrogens with zero attached hydrogens (tertiary/aromatic N) is 4. The van der Waals surface area contributed by atoms with Crippen LogP contribution in [0, 0.1) is 5.92 Å². The van der Waals surface area contributed by atoms with Gasteiger partial charge < -0.3 is 4.90 Å². The summed E-state index contributed by atoms with van der Waals surface area (Å²) in [6, 6.07) is 16.7. The Morgan fingerprint density at radius 2 is 1.75 bits per heavy atom. The molecule has 0 aliphatic carbocycles. The Morgan fingerprint density at radius 3 is 2.61 bits per heavy atom. The molecule has 3 aliphatic heterocycles. The molecule has 3 aromatic rings. The Labute approximate surface area is 165 Å². The third-order valence-electron chi connectivity index (χ3n) is 6.06. The summed E-state index contributed by atoms with van der Waals surface area (Å²) in [4.78, 5) is 26.5. The van der Waals surface area contributed by atoms with Gasteiger partial charge in [-0.2, -0.15) is 0 Å². The molecular weight excluding hydrogens is 348 g/mol. The molecule has 1 aromatic heterocycles. The first-order valence-electron chi connectivity index (χ1n) is 10.0. The van der Waals surface area contributed by atoms with E-state index in [-0.39, 0.29) is 5.91 Å². The molecule has 5 heteroatoms. The van der Waals surface area contributed by atoms with Crippen molar-refractivity contribution in [2.24, 2.45) is 5.92 Å². The van der Waals surface area contributed by atoms with Gasteiger partial charge in [0.05, 0.1) is 11.0 Å². The maximum atomic E-state index is 13.2. The molecule has 0 saturated carbocycles. The van der Waals surface area contributed by atoms with Crippen molar-refractivity contribution in [1.29, 1.82) is 0 Å². The van der Waals surface area contributed by atoms with Gasteiger partial charge in [-0.1, -0.05) is 30.3 Å². The number of benzene rings is 2. The summed E-state index contributed by atoms with van der Waals surface area (Å²) in [5.74, 6) is 0.665. The van der Waals surface area contributed by atoms with Crippen molar-refractivity contribution in [2.45, 2.75) is 25.4 Å². The Balaban J connectivity index is 1.35. The van der Waals surface area contributed by atoms with E-state index in [0.717, 1.165) is 37.2 Å². The number of carbonyl (C=O) groups excluding carboxylic acids is 1. The van der Waals surface area contributed by atoms with Crippen molar-refractivity contribution < 1.29 is 4.79 Å². The van der Waals surface area contributed by atoms with Crippen molar-refractivity contribution in [1.82, 2.24) is 19.8 Å². The number of rotatable bonds is 3. The molecule has 0 spiro atoms. The van der Waals surface area contributed by atoms with Gasteiger partial charge >= 0.3 is 0 Å². The van der Waals surface area contributed by atoms with Gasteiger partial charge in [0.15, 0.2) is 0 Å². The fourth-order valence-corrected chi connectivity index (χ4v) is 4.64. The highest BCUT2D eigenvalue weighted by Crippen LogP contribution is 2.30. The van der Waals surface area contributed by atoms with Crippen LogP contribution in [-0.2, 0) is 6.54 Å². The molecule has 28 heavy (non-hydrogen) atoms. The predicted molar refractivity (Wildman–Crippen MR) is 109 cm³/mol. The Morgan fingerprint density at radius 1 is 0.929 bits per heavy atom. The first kappa shape index (κ1) is 17.3. The van der Waals surface area contributed by atoms with E-state index in [1.807, 2.05) is 18.2 Å². The molecule has 0 radical (unpaired) electrons. The van der Waals surface area contributed by atoms with Crippen LogP contribution < -0.4 is 0 Å². The highest BCUT2D eigenvalue weighted by molar-refractivity contribution is 5.97. The van der Waals surface area contributed by atoms with Gasteiger partial charge in [0.1, 0.15) is 0 Å². The van der Waals surface area contributed by atoms with E-state index in [9.17, 15) is 4.79 Å². The summed E-state index contributed by atoms with van der Waals surface area (Å²) >= 11 is 0. The molecule has 1 amide bonds. The second-order valence-corrected chi connectivity index (χ2v) is 7.98. The lowest BCUT2D eigenvalue weighted by atomic mass is 9.94. The molecule has 3 fully saturated rings. The maximum Gasteiger partial charge on any atom is 0.253 e. The zero-order valence-electron chi connectivity index (χ0n) is 15.9. The summed E-state index contributed by atoms with van der Waals surface area (Å²) in [6.07, 6.45) is 5.73. The monoisotopic (exact) mass is 372 g/mol. The van der Waals surface area contributed by atoms with Gasteiger partial charge in [-0.15, -0.1) is 0 Å². The Bertz CT molecular complexity index is 990. The third-order valence-corrected chi connectivity index (χ3v) is 6.06. The van der Waals surface area contributed by atoms with Gasteiger partial charge in [-0.25, -0.2) is 0 Å². The molecule has 0 N–H and O–H groups in total. The number of carbonyl (C=O) groups is 1. The predicted octanol–water partition coefficient (Wildman–Crippen LogP) is 3.37. The topological polar surface area (TPSA) is 49.3 Å². The standard InChI is InChI=1S/C23H24N4O/c28-23(19-7-9-21-22(12-19)25-11-10-24-21)27-15-18-6-8-20(16-27)26(14-18)13-17-4-2-1-3-5-17/h1-5,7,9-12,18,20H,6,8,13-16H2/t18-,20-/m1/s1. The largest absolute Gasteiger partial charge is 0.337 e. The lowest BCUT2D eigenvalue weighted by molar-refractivity contribution is 0.0736. The van der Waals surface area contributed by atoms with Crippen LogP contribution in [0.4, 0.5) is 0 Å². The molecule has 2 bridgehead atoms. The molecular formula is C23H24N4O. The fourth-order valence-electron chi connectivity index (χ4n) is 4.64. The number of hydrogen-bond acceptors (Lipinski definition) is 4. The van der Waals surface area contributed by atoms with Crippen LogP contribution in [0.2, 0.25) is 0 Å². The van der Waals surface area contributed by atoms with E-state index in [0.29, 0.717) is 17.5 Å². The van der Waals surface area contributed by atoms with Crippen LogP contribution in [-0.4, -0.2) is 51.4 Å². The van der Waals surface area contributed by atoms with Crippen molar-refractivity contribution in [3.63, 3.8) is 0 Å². The summed E-state index contributed by atoms with van der Waals surface area (Å²) in [6.45, 7) is 3.70. The van der Waals surface area contributed by atoms with E-state index < -0.39 is 0 Å². The van der Waals surface area contributed by atoms with Crippen molar-refractivity contribution in [3.05, 3.63) is 72.1 Å². The highest BCUT2D eigenvalue weighted by atomic mass is 16.2. The van der Waals surface area contributed by atoms with E-state index >= 15 is 0 Å². The van der Waals surface area contributed by atoms with Gasteiger partial charge in [0.25, 0.3) is 5.91 Å². The lowest BCUT2D eigenvalue weighted by Crippen LogP contribution is -2.43. The highest BCUT2D eigenvalue weighted by Gasteiger charge is 2.36. The second kappa shape index (κ2) is 7.32. The van der Waals surface area contributed by atoms with Crippen LogP contribution in [0.25, 0.3) is 11.0 Å². The van der Waals surface area contributed by atoms with E-state index in [1.54, 1.807) is 12.4 Å². The molecule has 3 aliphatic rings. The van der Waals surface area contributed by atoms with Gasteiger partial charge in [0, 0.05) is 50.2 Å². The minimum Gasteiger partial charge on any atom is -0.337 e. The molecule has 2 aromatic carbocycles. The summed E-state index contributed by atoms with van der Waals surface area (Å²) in [5.41, 5.74) is 3.66. The van der Waals surface area contributed by atoms with E-state index in [4.69, 9.17) is 0 Å². The molecule has 142 valence electrons. The fraction of sp³-hybridized carbons (Fsp3) is 0.348. The minimum absolute atomic E-state index is 0.117. The van der Waals surface area contributed by atoms with Crippen molar-refractivity contribution in [3.8, 4) is 0 Å². The zero-order chi connectivity index (χ0) is 18.9. The molecule has 2 atom stereocenters. The average Bonchev–Trinajstić information content (AvgIpc) is 3.05. The summed E-state index contributed by atoms with van der Waals surface area (Å²) in [7, 11) is 0. The van der Waals surface area contributed by atoms with Gasteiger partial charge in [-0.05, 0) is 42.5 Å². The Hall–Kier alpha value is -2.79. The SMILES string of the molecule is O=C(c1ccc2nccnc2c1)N1C[C@@H]2CC[C@H](C1)N(Cc1ccccc1)C2. The molecule has 0 unspecified atom stereocenters. The number of fused-ring (bicyclic) bond motifs is 5. The molecule has 4 heterocycles. The van der Waals surface area contributed by atoms with Crippen molar-refractivity contribution >= 4 is 16.9 Å². The first-order chi connectivity index (χ1) is 13.8. The van der Waals surface area contributed by atoms with E-state index in [1.165, 1.54) is 18.4 Å². The Kier molecular flexibility index (Phi) is 4.53. The van der Waals surface area contributed by atoms with Crippen molar-refractivity contribution in [2.75, 3.05) is 19.6 Å². The first-order valence-corrected chi connectivity index (χ1v) is 10.0. The number of piperidine rings is 1. The number of amides is 1. The van der Waals surface area contributed by atoms with Gasteiger partial charge in [0.2, 0.25) is 0 Å².